The topological polar surface area (TPSA) is 68.6 Å². The largest absolute Gasteiger partial charge is 0.493 e. The van der Waals surface area contributed by atoms with E-state index in [2.05, 4.69) is 14.8 Å². The van der Waals surface area contributed by atoms with Gasteiger partial charge in [0.15, 0.2) is 0 Å². The van der Waals surface area contributed by atoms with Crippen LogP contribution in [0.5, 0.6) is 5.75 Å². The Balaban J connectivity index is 1.52. The summed E-state index contributed by atoms with van der Waals surface area (Å²) in [5.41, 5.74) is 2.77. The second-order valence-corrected chi connectivity index (χ2v) is 8.90. The van der Waals surface area contributed by atoms with Crippen LogP contribution in [0, 0.1) is 0 Å². The monoisotopic (exact) mass is 470 g/mol. The number of rotatable bonds is 9. The fourth-order valence-electron chi connectivity index (χ4n) is 4.20. The van der Waals surface area contributed by atoms with Gasteiger partial charge >= 0.3 is 0 Å². The van der Waals surface area contributed by atoms with Crippen LogP contribution in [0.15, 0.2) is 42.5 Å². The normalized spacial score (nSPS) is 15.5. The van der Waals surface area contributed by atoms with Gasteiger partial charge in [-0.1, -0.05) is 23.7 Å². The van der Waals surface area contributed by atoms with Gasteiger partial charge in [-0.15, -0.1) is 0 Å². The summed E-state index contributed by atoms with van der Waals surface area (Å²) >= 11 is 6.25. The molecule has 0 spiro atoms. The van der Waals surface area contributed by atoms with Crippen LogP contribution in [0.2, 0.25) is 5.02 Å². The molecule has 0 aliphatic carbocycles. The number of fused-ring (bicyclic) bond motifs is 1. The second kappa shape index (κ2) is 11.0. The van der Waals surface area contributed by atoms with Gasteiger partial charge in [-0.25, -0.2) is 4.98 Å². The number of halogens is 1. The van der Waals surface area contributed by atoms with Gasteiger partial charge in [0, 0.05) is 55.8 Å². The lowest BCUT2D eigenvalue weighted by atomic mass is 10.2. The summed E-state index contributed by atoms with van der Waals surface area (Å²) in [4.78, 5) is 18.9. The van der Waals surface area contributed by atoms with Crippen LogP contribution in [-0.2, 0) is 16.1 Å². The fourth-order valence-corrected chi connectivity index (χ4v) is 4.39. The van der Waals surface area contributed by atoms with Crippen LogP contribution in [0.25, 0.3) is 22.4 Å². The molecule has 1 fully saturated rings. The van der Waals surface area contributed by atoms with Crippen LogP contribution in [0.4, 0.5) is 0 Å². The van der Waals surface area contributed by atoms with E-state index >= 15 is 0 Å². The first kappa shape index (κ1) is 23.5. The van der Waals surface area contributed by atoms with Gasteiger partial charge in [-0.2, -0.15) is 0 Å². The fraction of sp³-hybridized carbons (Fsp3) is 0.440. The van der Waals surface area contributed by atoms with E-state index in [1.165, 1.54) is 6.92 Å². The molecule has 1 atom stereocenters. The Bertz CT molecular complexity index is 1090. The zero-order valence-electron chi connectivity index (χ0n) is 19.2. The second-order valence-electron chi connectivity index (χ2n) is 8.46. The molecule has 1 aromatic heterocycles. The van der Waals surface area contributed by atoms with Gasteiger partial charge in [0.05, 0.1) is 30.9 Å². The van der Waals surface area contributed by atoms with Gasteiger partial charge < -0.3 is 19.4 Å². The number of hydrogen-bond donors (Lipinski definition) is 1. The molecule has 2 aromatic carbocycles. The van der Waals surface area contributed by atoms with Crippen molar-refractivity contribution in [3.05, 3.63) is 47.5 Å². The van der Waals surface area contributed by atoms with Crippen molar-refractivity contribution >= 4 is 28.5 Å². The molecular weight excluding hydrogens is 440 g/mol. The van der Waals surface area contributed by atoms with Gasteiger partial charge in [-0.05, 0) is 37.6 Å². The molecule has 1 saturated heterocycles. The minimum atomic E-state index is -0.0519. The van der Waals surface area contributed by atoms with E-state index < -0.39 is 0 Å². The molecule has 0 saturated carbocycles. The highest BCUT2D eigenvalue weighted by molar-refractivity contribution is 6.30. The number of hydrogen-bond acceptors (Lipinski definition) is 5. The van der Waals surface area contributed by atoms with Gasteiger partial charge in [0.1, 0.15) is 11.6 Å². The van der Waals surface area contributed by atoms with Crippen LogP contribution in [0.3, 0.4) is 0 Å². The summed E-state index contributed by atoms with van der Waals surface area (Å²) in [5, 5.41) is 3.62. The lowest BCUT2D eigenvalue weighted by molar-refractivity contribution is -0.119. The van der Waals surface area contributed by atoms with Crippen LogP contribution < -0.4 is 10.1 Å². The lowest BCUT2D eigenvalue weighted by Crippen LogP contribution is -2.37. The number of carbonyl (C=O) groups is 1. The molecular formula is C25H31ClN4O3. The maximum Gasteiger partial charge on any atom is 0.217 e. The molecule has 1 unspecified atom stereocenters. The molecule has 3 aromatic rings. The summed E-state index contributed by atoms with van der Waals surface area (Å²) in [6.07, 6.45) is 0.967. The number of morpholine rings is 1. The Hall–Kier alpha value is -2.61. The van der Waals surface area contributed by atoms with E-state index in [-0.39, 0.29) is 11.9 Å². The van der Waals surface area contributed by atoms with Crippen molar-refractivity contribution < 1.29 is 14.3 Å². The molecule has 8 heteroatoms. The Morgan fingerprint density at radius 3 is 2.82 bits per heavy atom. The van der Waals surface area contributed by atoms with Crippen molar-refractivity contribution in [3.63, 3.8) is 0 Å². The molecule has 33 heavy (non-hydrogen) atoms. The molecule has 1 aliphatic rings. The van der Waals surface area contributed by atoms with Gasteiger partial charge in [0.25, 0.3) is 0 Å². The number of ether oxygens (including phenoxy) is 2. The first-order valence-corrected chi connectivity index (χ1v) is 11.8. The van der Waals surface area contributed by atoms with Crippen LogP contribution in [0.1, 0.15) is 20.3 Å². The van der Waals surface area contributed by atoms with E-state index in [1.54, 1.807) is 0 Å². The first-order valence-electron chi connectivity index (χ1n) is 11.5. The highest BCUT2D eigenvalue weighted by Crippen LogP contribution is 2.29. The van der Waals surface area contributed by atoms with Crippen LogP contribution >= 0.6 is 11.6 Å². The SMILES string of the molecule is CC(=O)NC(C)Cn1c(-c2cccc(Cl)c2)nc2cc(OCCCN3CCOCC3)ccc21. The number of nitrogens with one attached hydrogen (secondary N) is 1. The zero-order chi connectivity index (χ0) is 23.2. The molecule has 1 N–H and O–H groups in total. The molecule has 1 aliphatic heterocycles. The minimum Gasteiger partial charge on any atom is -0.493 e. The summed E-state index contributed by atoms with van der Waals surface area (Å²) < 4.78 is 13.6. The molecule has 1 amide bonds. The maximum absolute atomic E-state index is 11.5. The van der Waals surface area contributed by atoms with E-state index in [1.807, 2.05) is 49.4 Å². The number of imidazole rings is 1. The van der Waals surface area contributed by atoms with Crippen molar-refractivity contribution in [1.82, 2.24) is 19.8 Å². The summed E-state index contributed by atoms with van der Waals surface area (Å²) in [6, 6.07) is 13.6. The van der Waals surface area contributed by atoms with Gasteiger partial charge in [0.2, 0.25) is 5.91 Å². The molecule has 7 nitrogen and oxygen atoms in total. The number of nitrogens with zero attached hydrogens (tertiary/aromatic N) is 3. The lowest BCUT2D eigenvalue weighted by Gasteiger charge is -2.26. The molecule has 2 heterocycles. The highest BCUT2D eigenvalue weighted by Gasteiger charge is 2.17. The third kappa shape index (κ3) is 6.25. The zero-order valence-corrected chi connectivity index (χ0v) is 20.0. The third-order valence-corrected chi connectivity index (χ3v) is 5.93. The van der Waals surface area contributed by atoms with Crippen molar-refractivity contribution in [1.29, 1.82) is 0 Å². The van der Waals surface area contributed by atoms with Crippen molar-refractivity contribution in [2.45, 2.75) is 32.9 Å². The smallest absolute Gasteiger partial charge is 0.217 e. The maximum atomic E-state index is 11.5. The number of carbonyl (C=O) groups excluding carboxylic acids is 1. The Kier molecular flexibility index (Phi) is 7.85. The number of benzene rings is 2. The number of amides is 1. The predicted molar refractivity (Wildman–Crippen MR) is 131 cm³/mol. The Morgan fingerprint density at radius 2 is 2.06 bits per heavy atom. The average molecular weight is 471 g/mol. The van der Waals surface area contributed by atoms with Crippen LogP contribution in [-0.4, -0.2) is 65.9 Å². The highest BCUT2D eigenvalue weighted by atomic mass is 35.5. The van der Waals surface area contributed by atoms with E-state index in [9.17, 15) is 4.79 Å². The standard InChI is InChI=1S/C25H31ClN4O3/c1-18(27-19(2)31)17-30-24-8-7-22(33-12-4-9-29-10-13-32-14-11-29)16-23(24)28-25(30)20-5-3-6-21(26)15-20/h3,5-8,15-16,18H,4,9-14,17H2,1-2H3,(H,27,31). The summed E-state index contributed by atoms with van der Waals surface area (Å²) in [5.74, 6) is 1.57. The molecule has 176 valence electrons. The molecule has 4 rings (SSSR count). The number of aromatic nitrogens is 2. The van der Waals surface area contributed by atoms with Gasteiger partial charge in [-0.3, -0.25) is 9.69 Å². The van der Waals surface area contributed by atoms with Crippen molar-refractivity contribution in [3.8, 4) is 17.1 Å². The quantitative estimate of drug-likeness (QED) is 0.479. The Labute approximate surface area is 199 Å². The van der Waals surface area contributed by atoms with E-state index in [4.69, 9.17) is 26.1 Å². The third-order valence-electron chi connectivity index (χ3n) is 5.70. The molecule has 0 radical (unpaired) electrons. The minimum absolute atomic E-state index is 0.0473. The Morgan fingerprint density at radius 1 is 1.24 bits per heavy atom. The summed E-state index contributed by atoms with van der Waals surface area (Å²) in [6.45, 7) is 9.40. The average Bonchev–Trinajstić information content (AvgIpc) is 3.14. The van der Waals surface area contributed by atoms with Crippen molar-refractivity contribution in [2.24, 2.45) is 0 Å². The molecule has 0 bridgehead atoms. The summed E-state index contributed by atoms with van der Waals surface area (Å²) in [7, 11) is 0. The van der Waals surface area contributed by atoms with Crippen molar-refractivity contribution in [2.75, 3.05) is 39.5 Å². The first-order chi connectivity index (χ1) is 16.0. The van der Waals surface area contributed by atoms with E-state index in [0.29, 0.717) is 18.2 Å². The van der Waals surface area contributed by atoms with E-state index in [0.717, 1.165) is 67.4 Å². The predicted octanol–water partition coefficient (Wildman–Crippen LogP) is 3.98.